The number of carbonyl (C=O) groups is 2. The van der Waals surface area contributed by atoms with Gasteiger partial charge in [-0.25, -0.2) is 0 Å². The first kappa shape index (κ1) is 13.5. The summed E-state index contributed by atoms with van der Waals surface area (Å²) < 4.78 is 0. The molecule has 0 aliphatic carbocycles. The van der Waals surface area contributed by atoms with Crippen LogP contribution in [0.25, 0.3) is 0 Å². The van der Waals surface area contributed by atoms with E-state index in [2.05, 4.69) is 19.2 Å². The number of rotatable bonds is 2. The largest absolute Gasteiger partial charge is 0.335 e. The minimum Gasteiger partial charge on any atom is -0.335 e. The van der Waals surface area contributed by atoms with E-state index in [4.69, 9.17) is 5.26 Å². The molecule has 17 heavy (non-hydrogen) atoms. The molecule has 0 spiro atoms. The quantitative estimate of drug-likeness (QED) is 0.562. The summed E-state index contributed by atoms with van der Waals surface area (Å²) in [6.45, 7) is 5.53. The third kappa shape index (κ3) is 3.74. The lowest BCUT2D eigenvalue weighted by Gasteiger charge is -2.33. The Morgan fingerprint density at radius 1 is 1.41 bits per heavy atom. The van der Waals surface area contributed by atoms with Crippen LogP contribution in [0.1, 0.15) is 26.7 Å². The Labute approximate surface area is 102 Å². The van der Waals surface area contributed by atoms with Gasteiger partial charge in [-0.3, -0.25) is 9.59 Å². The zero-order chi connectivity index (χ0) is 12.8. The van der Waals surface area contributed by atoms with Crippen molar-refractivity contribution in [1.82, 2.24) is 10.2 Å². The Morgan fingerprint density at radius 3 is 2.47 bits per heavy atom. The fourth-order valence-corrected chi connectivity index (χ4v) is 2.11. The topological polar surface area (TPSA) is 73.2 Å². The summed E-state index contributed by atoms with van der Waals surface area (Å²) >= 11 is 0. The Kier molecular flexibility index (Phi) is 4.95. The average Bonchev–Trinajstić information content (AvgIpc) is 2.35. The van der Waals surface area contributed by atoms with E-state index in [9.17, 15) is 9.59 Å². The fourth-order valence-electron chi connectivity index (χ4n) is 2.11. The molecule has 1 saturated heterocycles. The SMILES string of the molecule is CC(C)C1CCN(C(=O)C(=O)NCC#N)CC1. The average molecular weight is 237 g/mol. The minimum atomic E-state index is -0.672. The summed E-state index contributed by atoms with van der Waals surface area (Å²) in [7, 11) is 0. The standard InChI is InChI=1S/C12H19N3O2/c1-9(2)10-3-7-15(8-4-10)12(17)11(16)14-6-5-13/h9-10H,3-4,6-8H2,1-2H3,(H,14,16). The maximum Gasteiger partial charge on any atom is 0.311 e. The second kappa shape index (κ2) is 6.24. The van der Waals surface area contributed by atoms with Crippen molar-refractivity contribution in [3.63, 3.8) is 0 Å². The molecule has 0 bridgehead atoms. The van der Waals surface area contributed by atoms with Crippen LogP contribution in [0.4, 0.5) is 0 Å². The van der Waals surface area contributed by atoms with E-state index in [-0.39, 0.29) is 6.54 Å². The van der Waals surface area contributed by atoms with Crippen LogP contribution < -0.4 is 5.32 Å². The van der Waals surface area contributed by atoms with Crippen molar-refractivity contribution < 1.29 is 9.59 Å². The zero-order valence-electron chi connectivity index (χ0n) is 10.4. The molecular formula is C12H19N3O2. The van der Waals surface area contributed by atoms with E-state index >= 15 is 0 Å². The molecule has 1 aliphatic rings. The lowest BCUT2D eigenvalue weighted by Crippen LogP contribution is -2.46. The van der Waals surface area contributed by atoms with Gasteiger partial charge >= 0.3 is 11.8 Å². The number of amides is 2. The normalized spacial score (nSPS) is 16.7. The van der Waals surface area contributed by atoms with Crippen molar-refractivity contribution in [3.05, 3.63) is 0 Å². The van der Waals surface area contributed by atoms with Gasteiger partial charge in [-0.05, 0) is 24.7 Å². The highest BCUT2D eigenvalue weighted by molar-refractivity contribution is 6.35. The van der Waals surface area contributed by atoms with Gasteiger partial charge in [0.05, 0.1) is 6.07 Å². The van der Waals surface area contributed by atoms with Crippen molar-refractivity contribution in [2.75, 3.05) is 19.6 Å². The number of piperidine rings is 1. The van der Waals surface area contributed by atoms with Crippen LogP contribution in [-0.4, -0.2) is 36.3 Å². The van der Waals surface area contributed by atoms with Crippen LogP contribution in [0.15, 0.2) is 0 Å². The highest BCUT2D eigenvalue weighted by Crippen LogP contribution is 2.24. The molecule has 0 aromatic rings. The van der Waals surface area contributed by atoms with Gasteiger partial charge in [0.15, 0.2) is 0 Å². The van der Waals surface area contributed by atoms with E-state index in [1.54, 1.807) is 11.0 Å². The first-order valence-corrected chi connectivity index (χ1v) is 6.00. The monoisotopic (exact) mass is 237 g/mol. The summed E-state index contributed by atoms with van der Waals surface area (Å²) in [4.78, 5) is 24.6. The predicted octanol–water partition coefficient (Wildman–Crippen LogP) is 0.521. The van der Waals surface area contributed by atoms with Crippen molar-refractivity contribution in [2.45, 2.75) is 26.7 Å². The van der Waals surface area contributed by atoms with Gasteiger partial charge in [0.1, 0.15) is 6.54 Å². The molecule has 2 amide bonds. The Balaban J connectivity index is 2.41. The molecule has 1 aliphatic heterocycles. The molecule has 0 aromatic carbocycles. The number of carbonyl (C=O) groups excluding carboxylic acids is 2. The van der Waals surface area contributed by atoms with E-state index in [1.165, 1.54) is 0 Å². The molecule has 0 atom stereocenters. The summed E-state index contributed by atoms with van der Waals surface area (Å²) in [6.07, 6.45) is 1.91. The molecule has 5 heteroatoms. The van der Waals surface area contributed by atoms with Gasteiger partial charge in [0, 0.05) is 13.1 Å². The number of hydrogen-bond acceptors (Lipinski definition) is 3. The molecule has 94 valence electrons. The van der Waals surface area contributed by atoms with E-state index in [0.717, 1.165) is 12.8 Å². The third-order valence-electron chi connectivity index (χ3n) is 3.29. The predicted molar refractivity (Wildman–Crippen MR) is 62.8 cm³/mol. The lowest BCUT2D eigenvalue weighted by atomic mass is 9.87. The van der Waals surface area contributed by atoms with Crippen molar-refractivity contribution in [1.29, 1.82) is 5.26 Å². The Morgan fingerprint density at radius 2 is 2.00 bits per heavy atom. The van der Waals surface area contributed by atoms with Crippen molar-refractivity contribution in [2.24, 2.45) is 11.8 Å². The lowest BCUT2D eigenvalue weighted by molar-refractivity contribution is -0.146. The second-order valence-electron chi connectivity index (χ2n) is 4.71. The molecule has 0 unspecified atom stereocenters. The van der Waals surface area contributed by atoms with Gasteiger partial charge in [0.25, 0.3) is 0 Å². The zero-order valence-corrected chi connectivity index (χ0v) is 10.4. The van der Waals surface area contributed by atoms with Crippen molar-refractivity contribution >= 4 is 11.8 Å². The van der Waals surface area contributed by atoms with Gasteiger partial charge in [-0.2, -0.15) is 5.26 Å². The van der Waals surface area contributed by atoms with E-state index in [0.29, 0.717) is 24.9 Å². The minimum absolute atomic E-state index is 0.118. The first-order valence-electron chi connectivity index (χ1n) is 6.00. The van der Waals surface area contributed by atoms with Crippen LogP contribution in [0.5, 0.6) is 0 Å². The maximum atomic E-state index is 11.7. The molecule has 1 fully saturated rings. The highest BCUT2D eigenvalue weighted by Gasteiger charge is 2.27. The van der Waals surface area contributed by atoms with Gasteiger partial charge < -0.3 is 10.2 Å². The summed E-state index contributed by atoms with van der Waals surface area (Å²) in [5, 5.41) is 10.6. The second-order valence-corrected chi connectivity index (χ2v) is 4.71. The van der Waals surface area contributed by atoms with Crippen LogP contribution in [-0.2, 0) is 9.59 Å². The molecule has 0 aromatic heterocycles. The third-order valence-corrected chi connectivity index (χ3v) is 3.29. The number of hydrogen-bond donors (Lipinski definition) is 1. The first-order chi connectivity index (χ1) is 8.06. The van der Waals surface area contributed by atoms with E-state index in [1.807, 2.05) is 0 Å². The number of likely N-dealkylation sites (tertiary alicyclic amines) is 1. The molecular weight excluding hydrogens is 218 g/mol. The van der Waals surface area contributed by atoms with Gasteiger partial charge in [-0.1, -0.05) is 13.8 Å². The van der Waals surface area contributed by atoms with Crippen LogP contribution in [0.3, 0.4) is 0 Å². The molecule has 0 saturated carbocycles. The molecule has 1 N–H and O–H groups in total. The summed E-state index contributed by atoms with van der Waals surface area (Å²) in [5.74, 6) is 0.0814. The number of nitrogens with zero attached hydrogens (tertiary/aromatic N) is 2. The summed E-state index contributed by atoms with van der Waals surface area (Å²) in [5.41, 5.74) is 0. The highest BCUT2D eigenvalue weighted by atomic mass is 16.2. The maximum absolute atomic E-state index is 11.7. The van der Waals surface area contributed by atoms with Crippen LogP contribution in [0, 0.1) is 23.2 Å². The Hall–Kier alpha value is -1.57. The number of nitrogens with one attached hydrogen (secondary N) is 1. The molecule has 5 nitrogen and oxygen atoms in total. The van der Waals surface area contributed by atoms with Gasteiger partial charge in [0.2, 0.25) is 0 Å². The smallest absolute Gasteiger partial charge is 0.311 e. The fraction of sp³-hybridized carbons (Fsp3) is 0.750. The molecule has 1 rings (SSSR count). The summed E-state index contributed by atoms with van der Waals surface area (Å²) in [6, 6.07) is 1.78. The molecule has 0 radical (unpaired) electrons. The van der Waals surface area contributed by atoms with Crippen LogP contribution >= 0.6 is 0 Å². The Bertz CT molecular complexity index is 325. The molecule has 1 heterocycles. The number of nitriles is 1. The van der Waals surface area contributed by atoms with Crippen molar-refractivity contribution in [3.8, 4) is 6.07 Å². The van der Waals surface area contributed by atoms with Crippen LogP contribution in [0.2, 0.25) is 0 Å². The van der Waals surface area contributed by atoms with E-state index < -0.39 is 11.8 Å². The van der Waals surface area contributed by atoms with Gasteiger partial charge in [-0.15, -0.1) is 0 Å².